The molecule has 3 N–H and O–H groups in total. The molecule has 0 bridgehead atoms. The molecule has 2 heterocycles. The predicted octanol–water partition coefficient (Wildman–Crippen LogP) is 2.82. The van der Waals surface area contributed by atoms with Crippen molar-refractivity contribution in [2.75, 3.05) is 23.7 Å². The van der Waals surface area contributed by atoms with Crippen LogP contribution in [0.1, 0.15) is 17.2 Å². The molecular weight excluding hydrogens is 342 g/mol. The second-order valence-electron chi connectivity index (χ2n) is 6.12. The van der Waals surface area contributed by atoms with E-state index in [2.05, 4.69) is 30.9 Å². The first-order valence-corrected chi connectivity index (χ1v) is 8.73. The summed E-state index contributed by atoms with van der Waals surface area (Å²) in [6, 6.07) is 10.9. The van der Waals surface area contributed by atoms with Crippen LogP contribution < -0.4 is 16.0 Å². The van der Waals surface area contributed by atoms with Crippen molar-refractivity contribution in [2.45, 2.75) is 20.8 Å². The molecule has 27 heavy (non-hydrogen) atoms. The summed E-state index contributed by atoms with van der Waals surface area (Å²) in [5, 5.41) is 8.79. The number of para-hydroxylation sites is 1. The molecule has 0 unspecified atom stereocenters. The summed E-state index contributed by atoms with van der Waals surface area (Å²) in [7, 11) is 0. The van der Waals surface area contributed by atoms with Crippen LogP contribution in [0.3, 0.4) is 0 Å². The van der Waals surface area contributed by atoms with E-state index < -0.39 is 0 Å². The number of rotatable bonds is 6. The molecule has 0 fully saturated rings. The third-order valence-electron chi connectivity index (χ3n) is 4.07. The third kappa shape index (κ3) is 4.81. The lowest BCUT2D eigenvalue weighted by Crippen LogP contribution is -2.32. The zero-order valence-electron chi connectivity index (χ0n) is 15.7. The fraction of sp³-hybridized carbons (Fsp3) is 0.263. The highest BCUT2D eigenvalue weighted by Gasteiger charge is 2.08. The number of benzene rings is 1. The molecule has 2 aromatic heterocycles. The van der Waals surface area contributed by atoms with E-state index in [1.54, 1.807) is 6.33 Å². The van der Waals surface area contributed by atoms with Gasteiger partial charge in [-0.15, -0.1) is 0 Å². The van der Waals surface area contributed by atoms with Crippen LogP contribution in [-0.4, -0.2) is 38.6 Å². The van der Waals surface area contributed by atoms with Crippen LogP contribution in [0.15, 0.2) is 42.7 Å². The quantitative estimate of drug-likeness (QED) is 0.584. The number of amides is 2. The number of hydrogen-bond acceptors (Lipinski definition) is 5. The first-order valence-electron chi connectivity index (χ1n) is 8.73. The minimum absolute atomic E-state index is 0.243. The second kappa shape index (κ2) is 8.31. The smallest absolute Gasteiger partial charge is 0.319 e. The Morgan fingerprint density at radius 3 is 2.56 bits per heavy atom. The number of hydrogen-bond donors (Lipinski definition) is 3. The second-order valence-corrected chi connectivity index (χ2v) is 6.12. The van der Waals surface area contributed by atoms with Crippen LogP contribution in [0.5, 0.6) is 0 Å². The highest BCUT2D eigenvalue weighted by molar-refractivity contribution is 5.89. The molecule has 2 amide bonds. The van der Waals surface area contributed by atoms with Gasteiger partial charge in [-0.2, -0.15) is 0 Å². The van der Waals surface area contributed by atoms with E-state index >= 15 is 0 Å². The summed E-state index contributed by atoms with van der Waals surface area (Å²) in [5.74, 6) is 2.13. The molecule has 8 nitrogen and oxygen atoms in total. The van der Waals surface area contributed by atoms with Crippen LogP contribution in [-0.2, 0) is 0 Å². The Hall–Kier alpha value is -3.42. The lowest BCUT2D eigenvalue weighted by molar-refractivity contribution is 0.252. The van der Waals surface area contributed by atoms with E-state index in [-0.39, 0.29) is 6.03 Å². The average molecular weight is 365 g/mol. The normalized spacial score (nSPS) is 10.5. The molecule has 3 rings (SSSR count). The summed E-state index contributed by atoms with van der Waals surface area (Å²) in [6.45, 7) is 6.81. The number of anilines is 2. The van der Waals surface area contributed by atoms with Crippen LogP contribution >= 0.6 is 0 Å². The van der Waals surface area contributed by atoms with Gasteiger partial charge in [-0.1, -0.05) is 18.2 Å². The van der Waals surface area contributed by atoms with Crippen molar-refractivity contribution >= 4 is 17.5 Å². The van der Waals surface area contributed by atoms with Crippen molar-refractivity contribution in [3.8, 4) is 5.82 Å². The van der Waals surface area contributed by atoms with Crippen molar-refractivity contribution in [2.24, 2.45) is 0 Å². The number of aromatic nitrogens is 4. The third-order valence-corrected chi connectivity index (χ3v) is 4.07. The van der Waals surface area contributed by atoms with Gasteiger partial charge in [-0.3, -0.25) is 4.57 Å². The molecule has 3 aromatic rings. The average Bonchev–Trinajstić information content (AvgIpc) is 2.98. The highest BCUT2D eigenvalue weighted by Crippen LogP contribution is 2.15. The van der Waals surface area contributed by atoms with E-state index in [1.165, 1.54) is 0 Å². The van der Waals surface area contributed by atoms with Gasteiger partial charge in [-0.25, -0.2) is 19.7 Å². The van der Waals surface area contributed by atoms with Gasteiger partial charge in [0.25, 0.3) is 0 Å². The molecule has 0 aliphatic heterocycles. The van der Waals surface area contributed by atoms with Gasteiger partial charge in [-0.05, 0) is 32.9 Å². The van der Waals surface area contributed by atoms with Gasteiger partial charge in [0.2, 0.25) is 0 Å². The van der Waals surface area contributed by atoms with Gasteiger partial charge >= 0.3 is 6.03 Å². The summed E-state index contributed by atoms with van der Waals surface area (Å²) >= 11 is 0. The van der Waals surface area contributed by atoms with Crippen molar-refractivity contribution in [1.82, 2.24) is 24.8 Å². The summed E-state index contributed by atoms with van der Waals surface area (Å²) in [4.78, 5) is 25.0. The van der Waals surface area contributed by atoms with Crippen molar-refractivity contribution < 1.29 is 4.79 Å². The maximum absolute atomic E-state index is 11.9. The topological polar surface area (TPSA) is 96.8 Å². The van der Waals surface area contributed by atoms with E-state index in [1.807, 2.05) is 61.7 Å². The van der Waals surface area contributed by atoms with E-state index in [0.717, 1.165) is 22.9 Å². The molecule has 8 heteroatoms. The number of carbonyl (C=O) groups is 1. The Morgan fingerprint density at radius 2 is 1.85 bits per heavy atom. The van der Waals surface area contributed by atoms with E-state index in [9.17, 15) is 4.79 Å². The monoisotopic (exact) mass is 365 g/mol. The Labute approximate surface area is 158 Å². The molecule has 0 aliphatic carbocycles. The van der Waals surface area contributed by atoms with Crippen molar-refractivity contribution in [1.29, 1.82) is 0 Å². The summed E-state index contributed by atoms with van der Waals surface area (Å²) in [5.41, 5.74) is 2.76. The molecule has 0 atom stereocenters. The molecule has 0 spiro atoms. The van der Waals surface area contributed by atoms with Gasteiger partial charge in [0.1, 0.15) is 23.8 Å². The fourth-order valence-corrected chi connectivity index (χ4v) is 2.56. The van der Waals surface area contributed by atoms with Crippen molar-refractivity contribution in [3.05, 3.63) is 59.9 Å². The largest absolute Gasteiger partial charge is 0.368 e. The highest BCUT2D eigenvalue weighted by atomic mass is 16.2. The molecule has 0 saturated carbocycles. The van der Waals surface area contributed by atoms with Crippen molar-refractivity contribution in [3.63, 3.8) is 0 Å². The number of aryl methyl sites for hydroxylation is 2. The number of imidazole rings is 1. The van der Waals surface area contributed by atoms with E-state index in [0.29, 0.717) is 24.7 Å². The van der Waals surface area contributed by atoms with Crippen LogP contribution in [0, 0.1) is 20.8 Å². The Balaban J connectivity index is 1.54. The zero-order valence-corrected chi connectivity index (χ0v) is 15.7. The van der Waals surface area contributed by atoms with Gasteiger partial charge in [0.15, 0.2) is 0 Å². The molecule has 1 aromatic carbocycles. The maximum atomic E-state index is 11.9. The van der Waals surface area contributed by atoms with Gasteiger partial charge in [0, 0.05) is 30.5 Å². The molecule has 0 aliphatic rings. The SMILES string of the molecule is Cc1nc(NCCNC(=O)Nc2ccccc2)cc(-n2cnc(C)c2C)n1. The van der Waals surface area contributed by atoms with Gasteiger partial charge < -0.3 is 16.0 Å². The summed E-state index contributed by atoms with van der Waals surface area (Å²) < 4.78 is 1.93. The minimum Gasteiger partial charge on any atom is -0.368 e. The fourth-order valence-electron chi connectivity index (χ4n) is 2.56. The number of nitrogens with zero attached hydrogens (tertiary/aromatic N) is 4. The lowest BCUT2D eigenvalue weighted by Gasteiger charge is -2.11. The molecule has 0 radical (unpaired) electrons. The predicted molar refractivity (Wildman–Crippen MR) is 105 cm³/mol. The maximum Gasteiger partial charge on any atom is 0.319 e. The number of carbonyl (C=O) groups excluding carboxylic acids is 1. The Kier molecular flexibility index (Phi) is 5.65. The van der Waals surface area contributed by atoms with Crippen LogP contribution in [0.4, 0.5) is 16.3 Å². The summed E-state index contributed by atoms with van der Waals surface area (Å²) in [6.07, 6.45) is 1.76. The first kappa shape index (κ1) is 18.4. The molecular formula is C19H23N7O. The van der Waals surface area contributed by atoms with Crippen LogP contribution in [0.2, 0.25) is 0 Å². The molecule has 0 saturated heterocycles. The Bertz CT molecular complexity index is 921. The van der Waals surface area contributed by atoms with E-state index in [4.69, 9.17) is 0 Å². The number of nitrogens with one attached hydrogen (secondary N) is 3. The Morgan fingerprint density at radius 1 is 1.07 bits per heavy atom. The lowest BCUT2D eigenvalue weighted by atomic mass is 10.3. The zero-order chi connectivity index (χ0) is 19.2. The van der Waals surface area contributed by atoms with Crippen LogP contribution in [0.25, 0.3) is 5.82 Å². The first-order chi connectivity index (χ1) is 13.0. The molecule has 140 valence electrons. The minimum atomic E-state index is -0.243. The number of urea groups is 1. The van der Waals surface area contributed by atoms with Gasteiger partial charge in [0.05, 0.1) is 5.69 Å². The standard InChI is InChI=1S/C19H23N7O/c1-13-14(2)26(12-22-13)18-11-17(23-15(3)24-18)20-9-10-21-19(27)25-16-7-5-4-6-8-16/h4-8,11-12H,9-10H2,1-3H3,(H,20,23,24)(H2,21,25,27).